The van der Waals surface area contributed by atoms with Crippen LogP contribution in [-0.2, 0) is 11.3 Å². The first-order chi connectivity index (χ1) is 8.86. The fraction of sp³-hybridized carbons (Fsp3) is 0.643. The quantitative estimate of drug-likeness (QED) is 0.640. The smallest absolute Gasteiger partial charge is 0.0590 e. The molecule has 0 spiro atoms. The number of hydrogen-bond acceptors (Lipinski definition) is 4. The van der Waals surface area contributed by atoms with Gasteiger partial charge < -0.3 is 10.1 Å². The standard InChI is InChI=1S/C14H25N3O/c1-3-17(11-9-15-10-12-18-4-2)13-14-7-5-6-8-16-14/h5-8,15H,3-4,9-13H2,1-2H3. The Hall–Kier alpha value is -0.970. The normalized spacial score (nSPS) is 11.1. The first kappa shape index (κ1) is 15.1. The van der Waals surface area contributed by atoms with Crippen LogP contribution in [0.4, 0.5) is 0 Å². The summed E-state index contributed by atoms with van der Waals surface area (Å²) in [6.07, 6.45) is 1.85. The SMILES string of the molecule is CCOCCNCCN(CC)Cc1ccccn1. The highest BCUT2D eigenvalue weighted by molar-refractivity contribution is 5.03. The van der Waals surface area contributed by atoms with E-state index in [0.29, 0.717) is 0 Å². The molecule has 4 heteroatoms. The van der Waals surface area contributed by atoms with E-state index in [0.717, 1.165) is 51.6 Å². The van der Waals surface area contributed by atoms with E-state index in [1.165, 1.54) is 0 Å². The average molecular weight is 251 g/mol. The van der Waals surface area contributed by atoms with E-state index in [2.05, 4.69) is 28.2 Å². The van der Waals surface area contributed by atoms with E-state index >= 15 is 0 Å². The molecule has 0 atom stereocenters. The molecule has 1 heterocycles. The molecule has 1 aromatic heterocycles. The van der Waals surface area contributed by atoms with Crippen molar-refractivity contribution < 1.29 is 4.74 Å². The van der Waals surface area contributed by atoms with Gasteiger partial charge in [0.1, 0.15) is 0 Å². The molecule has 0 aromatic carbocycles. The molecule has 1 rings (SSSR count). The van der Waals surface area contributed by atoms with Crippen LogP contribution in [0.1, 0.15) is 19.5 Å². The highest BCUT2D eigenvalue weighted by Gasteiger charge is 2.03. The second-order valence-electron chi connectivity index (χ2n) is 4.14. The molecule has 0 aliphatic heterocycles. The van der Waals surface area contributed by atoms with E-state index in [4.69, 9.17) is 4.74 Å². The lowest BCUT2D eigenvalue weighted by atomic mass is 10.3. The monoisotopic (exact) mass is 251 g/mol. The third kappa shape index (κ3) is 6.69. The highest BCUT2D eigenvalue weighted by atomic mass is 16.5. The predicted molar refractivity (Wildman–Crippen MR) is 74.6 cm³/mol. The van der Waals surface area contributed by atoms with E-state index in [1.54, 1.807) is 0 Å². The minimum absolute atomic E-state index is 0.794. The summed E-state index contributed by atoms with van der Waals surface area (Å²) in [5.74, 6) is 0. The molecule has 0 saturated heterocycles. The molecule has 0 unspecified atom stereocenters. The molecule has 0 amide bonds. The van der Waals surface area contributed by atoms with Crippen LogP contribution in [0.15, 0.2) is 24.4 Å². The van der Waals surface area contributed by atoms with Gasteiger partial charge in [-0.2, -0.15) is 0 Å². The van der Waals surface area contributed by atoms with Crippen LogP contribution in [0.2, 0.25) is 0 Å². The molecule has 102 valence electrons. The Kier molecular flexibility index (Phi) is 8.38. The second kappa shape index (κ2) is 10.00. The van der Waals surface area contributed by atoms with Gasteiger partial charge in [-0.15, -0.1) is 0 Å². The molecule has 0 aliphatic carbocycles. The molecule has 0 bridgehead atoms. The van der Waals surface area contributed by atoms with Gasteiger partial charge in [0.2, 0.25) is 0 Å². The van der Waals surface area contributed by atoms with Crippen LogP contribution in [0.5, 0.6) is 0 Å². The lowest BCUT2D eigenvalue weighted by Crippen LogP contribution is -2.33. The van der Waals surface area contributed by atoms with Crippen molar-refractivity contribution >= 4 is 0 Å². The number of likely N-dealkylation sites (N-methyl/N-ethyl adjacent to an activating group) is 1. The Morgan fingerprint density at radius 1 is 1.28 bits per heavy atom. The average Bonchev–Trinajstić information content (AvgIpc) is 2.42. The van der Waals surface area contributed by atoms with Gasteiger partial charge in [-0.05, 0) is 25.6 Å². The molecule has 0 fully saturated rings. The van der Waals surface area contributed by atoms with Crippen LogP contribution in [0, 0.1) is 0 Å². The Labute approximate surface area is 110 Å². The van der Waals surface area contributed by atoms with E-state index in [9.17, 15) is 0 Å². The number of nitrogens with one attached hydrogen (secondary N) is 1. The van der Waals surface area contributed by atoms with Crippen LogP contribution >= 0.6 is 0 Å². The third-order valence-corrected chi connectivity index (χ3v) is 2.79. The number of rotatable bonds is 10. The molecule has 0 radical (unpaired) electrons. The van der Waals surface area contributed by atoms with Crippen molar-refractivity contribution in [2.24, 2.45) is 0 Å². The molecule has 0 aliphatic rings. The summed E-state index contributed by atoms with van der Waals surface area (Å²) in [7, 11) is 0. The van der Waals surface area contributed by atoms with Crippen molar-refractivity contribution in [3.05, 3.63) is 30.1 Å². The first-order valence-corrected chi connectivity index (χ1v) is 6.77. The second-order valence-corrected chi connectivity index (χ2v) is 4.14. The van der Waals surface area contributed by atoms with Gasteiger partial charge in [-0.25, -0.2) is 0 Å². The van der Waals surface area contributed by atoms with Crippen molar-refractivity contribution in [3.63, 3.8) is 0 Å². The van der Waals surface area contributed by atoms with Gasteiger partial charge in [0.15, 0.2) is 0 Å². The number of ether oxygens (including phenoxy) is 1. The summed E-state index contributed by atoms with van der Waals surface area (Å²) in [4.78, 5) is 6.74. The van der Waals surface area contributed by atoms with Gasteiger partial charge in [0.25, 0.3) is 0 Å². The van der Waals surface area contributed by atoms with Crippen LogP contribution in [-0.4, -0.2) is 49.3 Å². The largest absolute Gasteiger partial charge is 0.380 e. The Balaban J connectivity index is 2.14. The molecule has 18 heavy (non-hydrogen) atoms. The third-order valence-electron chi connectivity index (χ3n) is 2.79. The minimum Gasteiger partial charge on any atom is -0.380 e. The summed E-state index contributed by atoms with van der Waals surface area (Å²) < 4.78 is 5.28. The summed E-state index contributed by atoms with van der Waals surface area (Å²) in [6.45, 7) is 10.7. The van der Waals surface area contributed by atoms with Gasteiger partial charge in [-0.1, -0.05) is 13.0 Å². The Bertz CT molecular complexity index is 292. The summed E-state index contributed by atoms with van der Waals surface area (Å²) >= 11 is 0. The number of pyridine rings is 1. The van der Waals surface area contributed by atoms with Crippen LogP contribution < -0.4 is 5.32 Å². The van der Waals surface area contributed by atoms with Crippen molar-refractivity contribution in [1.29, 1.82) is 0 Å². The van der Waals surface area contributed by atoms with Gasteiger partial charge in [-0.3, -0.25) is 9.88 Å². The zero-order valence-electron chi connectivity index (χ0n) is 11.6. The topological polar surface area (TPSA) is 37.4 Å². The zero-order chi connectivity index (χ0) is 13.1. The number of hydrogen-bond donors (Lipinski definition) is 1. The maximum Gasteiger partial charge on any atom is 0.0590 e. The maximum atomic E-state index is 5.28. The predicted octanol–water partition coefficient (Wildman–Crippen LogP) is 1.53. The Morgan fingerprint density at radius 2 is 2.17 bits per heavy atom. The van der Waals surface area contributed by atoms with Crippen molar-refractivity contribution in [1.82, 2.24) is 15.2 Å². The number of aromatic nitrogens is 1. The van der Waals surface area contributed by atoms with Crippen LogP contribution in [0.3, 0.4) is 0 Å². The van der Waals surface area contributed by atoms with Crippen molar-refractivity contribution in [3.8, 4) is 0 Å². The van der Waals surface area contributed by atoms with Gasteiger partial charge in [0, 0.05) is 39.0 Å². The molecule has 0 saturated carbocycles. The van der Waals surface area contributed by atoms with Crippen molar-refractivity contribution in [2.75, 3.05) is 39.4 Å². The fourth-order valence-electron chi connectivity index (χ4n) is 1.72. The van der Waals surface area contributed by atoms with Crippen molar-refractivity contribution in [2.45, 2.75) is 20.4 Å². The summed E-state index contributed by atoms with van der Waals surface area (Å²) in [5.41, 5.74) is 1.13. The summed E-state index contributed by atoms with van der Waals surface area (Å²) in [6, 6.07) is 6.07. The summed E-state index contributed by atoms with van der Waals surface area (Å²) in [5, 5.41) is 3.38. The molecule has 1 N–H and O–H groups in total. The van der Waals surface area contributed by atoms with Crippen LogP contribution in [0.25, 0.3) is 0 Å². The molecular weight excluding hydrogens is 226 g/mol. The van der Waals surface area contributed by atoms with Gasteiger partial charge in [0.05, 0.1) is 12.3 Å². The highest BCUT2D eigenvalue weighted by Crippen LogP contribution is 1.99. The van der Waals surface area contributed by atoms with Gasteiger partial charge >= 0.3 is 0 Å². The first-order valence-electron chi connectivity index (χ1n) is 6.77. The lowest BCUT2D eigenvalue weighted by Gasteiger charge is -2.20. The van der Waals surface area contributed by atoms with E-state index in [1.807, 2.05) is 25.3 Å². The maximum absolute atomic E-state index is 5.28. The molecule has 4 nitrogen and oxygen atoms in total. The molecular formula is C14H25N3O. The minimum atomic E-state index is 0.794. The number of nitrogens with zero attached hydrogens (tertiary/aromatic N) is 2. The Morgan fingerprint density at radius 3 is 2.83 bits per heavy atom. The lowest BCUT2D eigenvalue weighted by molar-refractivity contribution is 0.148. The van der Waals surface area contributed by atoms with E-state index in [-0.39, 0.29) is 0 Å². The fourth-order valence-corrected chi connectivity index (χ4v) is 1.72. The van der Waals surface area contributed by atoms with E-state index < -0.39 is 0 Å². The molecule has 1 aromatic rings. The zero-order valence-corrected chi connectivity index (χ0v) is 11.6.